The summed E-state index contributed by atoms with van der Waals surface area (Å²) in [6.07, 6.45) is 0.449. The second-order valence-corrected chi connectivity index (χ2v) is 6.94. The Hall–Kier alpha value is -1.48. The maximum Gasteiger partial charge on any atom is 0.160 e. The van der Waals surface area contributed by atoms with Crippen LogP contribution in [0.3, 0.4) is 0 Å². The Morgan fingerprint density at radius 1 is 0.577 bits per heavy atom. The monoisotopic (exact) mass is 368 g/mol. The van der Waals surface area contributed by atoms with Crippen LogP contribution in [0.4, 0.5) is 0 Å². The minimum absolute atomic E-state index is 0.0544. The van der Waals surface area contributed by atoms with Crippen molar-refractivity contribution in [1.29, 1.82) is 0 Å². The van der Waals surface area contributed by atoms with Gasteiger partial charge in [-0.3, -0.25) is 38.8 Å². The molecule has 0 saturated carbocycles. The summed E-state index contributed by atoms with van der Waals surface area (Å²) in [6, 6.07) is 0. The Morgan fingerprint density at radius 3 is 1.12 bits per heavy atom. The summed E-state index contributed by atoms with van der Waals surface area (Å²) in [5, 5.41) is 0. The van der Waals surface area contributed by atoms with E-state index < -0.39 is 0 Å². The summed E-state index contributed by atoms with van der Waals surface area (Å²) >= 11 is 0. The van der Waals surface area contributed by atoms with Crippen molar-refractivity contribution in [2.45, 2.75) is 13.3 Å². The standard InChI is InChI=1S/C18H32N4O4/c1-7-15(23)9-20(4)11-17(25)13-22(6)14-18(26)12-21(5)10-16(24)8-19(2)3/h2H,7-14H2,1,3-6H3. The van der Waals surface area contributed by atoms with E-state index in [2.05, 4.69) is 0 Å². The van der Waals surface area contributed by atoms with Crippen LogP contribution < -0.4 is 0 Å². The van der Waals surface area contributed by atoms with E-state index in [1.54, 1.807) is 49.8 Å². The molecule has 0 aliphatic heterocycles. The molecule has 8 nitrogen and oxygen atoms in total. The summed E-state index contributed by atoms with van der Waals surface area (Å²) in [4.78, 5) is 53.3. The topological polar surface area (TPSA) is 81.2 Å². The quantitative estimate of drug-likeness (QED) is 0.343. The van der Waals surface area contributed by atoms with Crippen LogP contribution in [-0.2, 0) is 19.2 Å². The third kappa shape index (κ3) is 12.8. The zero-order chi connectivity index (χ0) is 20.3. The van der Waals surface area contributed by atoms with Crippen molar-refractivity contribution in [3.8, 4) is 0 Å². The highest BCUT2D eigenvalue weighted by Crippen LogP contribution is 1.93. The van der Waals surface area contributed by atoms with Crippen LogP contribution in [0, 0.1) is 7.05 Å². The molecule has 0 bridgehead atoms. The second-order valence-electron chi connectivity index (χ2n) is 6.94. The minimum atomic E-state index is -0.0776. The Labute approximate surface area is 157 Å². The third-order valence-electron chi connectivity index (χ3n) is 3.50. The number of hydrogen-bond acceptors (Lipinski definition) is 8. The molecule has 8 heteroatoms. The molecular weight excluding hydrogens is 336 g/mol. The molecule has 0 fully saturated rings. The van der Waals surface area contributed by atoms with E-state index in [1.807, 2.05) is 0 Å². The van der Waals surface area contributed by atoms with E-state index in [0.29, 0.717) is 6.42 Å². The molecule has 0 aliphatic carbocycles. The molecule has 0 heterocycles. The predicted molar refractivity (Wildman–Crippen MR) is 99.7 cm³/mol. The van der Waals surface area contributed by atoms with E-state index in [9.17, 15) is 19.2 Å². The van der Waals surface area contributed by atoms with Crippen molar-refractivity contribution >= 4 is 23.1 Å². The van der Waals surface area contributed by atoms with E-state index in [4.69, 9.17) is 7.05 Å². The van der Waals surface area contributed by atoms with Gasteiger partial charge in [-0.2, -0.15) is 0 Å². The van der Waals surface area contributed by atoms with Crippen molar-refractivity contribution in [2.75, 3.05) is 74.0 Å². The van der Waals surface area contributed by atoms with Crippen molar-refractivity contribution in [3.63, 3.8) is 0 Å². The van der Waals surface area contributed by atoms with E-state index in [-0.39, 0.29) is 68.9 Å². The molecule has 0 aromatic rings. The van der Waals surface area contributed by atoms with Crippen LogP contribution >= 0.6 is 0 Å². The van der Waals surface area contributed by atoms with Crippen molar-refractivity contribution in [3.05, 3.63) is 7.05 Å². The first-order valence-electron chi connectivity index (χ1n) is 8.61. The van der Waals surface area contributed by atoms with Gasteiger partial charge in [-0.15, -0.1) is 0 Å². The van der Waals surface area contributed by atoms with Gasteiger partial charge >= 0.3 is 0 Å². The van der Waals surface area contributed by atoms with Crippen LogP contribution in [0.5, 0.6) is 0 Å². The van der Waals surface area contributed by atoms with Gasteiger partial charge in [0.1, 0.15) is 5.78 Å². The number of carbonyl (C=O) groups excluding carboxylic acids is 4. The summed E-state index contributed by atoms with van der Waals surface area (Å²) in [5.41, 5.74) is 0. The molecule has 0 amide bonds. The van der Waals surface area contributed by atoms with Gasteiger partial charge in [0.25, 0.3) is 0 Å². The minimum Gasteiger partial charge on any atom is -0.298 e. The van der Waals surface area contributed by atoms with Gasteiger partial charge in [0.2, 0.25) is 0 Å². The van der Waals surface area contributed by atoms with Gasteiger partial charge in [0.15, 0.2) is 17.3 Å². The van der Waals surface area contributed by atoms with E-state index >= 15 is 0 Å². The lowest BCUT2D eigenvalue weighted by atomic mass is 10.2. The molecular formula is C18H32N4O4. The largest absolute Gasteiger partial charge is 0.298 e. The summed E-state index contributed by atoms with van der Waals surface area (Å²) in [5.74, 6) is -0.117. The number of carbonyl (C=O) groups is 4. The van der Waals surface area contributed by atoms with Gasteiger partial charge < -0.3 is 0 Å². The van der Waals surface area contributed by atoms with Gasteiger partial charge in [-0.05, 0) is 28.2 Å². The SMILES string of the molecule is [CH]N(C)CC(=O)CN(C)CC(=O)CN(C)CC(=O)CN(C)CC(=O)CC. The van der Waals surface area contributed by atoms with Gasteiger partial charge in [-0.25, -0.2) is 0 Å². The number of ketones is 4. The van der Waals surface area contributed by atoms with Crippen molar-refractivity contribution in [2.24, 2.45) is 0 Å². The Kier molecular flexibility index (Phi) is 12.1. The maximum atomic E-state index is 12.1. The molecule has 0 aromatic carbocycles. The molecule has 0 aliphatic rings. The molecule has 148 valence electrons. The first-order valence-corrected chi connectivity index (χ1v) is 8.61. The first-order chi connectivity index (χ1) is 12.0. The number of hydrogen-bond donors (Lipinski definition) is 0. The zero-order valence-electron chi connectivity index (χ0n) is 16.7. The van der Waals surface area contributed by atoms with Gasteiger partial charge in [0.05, 0.1) is 45.8 Å². The molecule has 0 aromatic heterocycles. The molecule has 0 N–H and O–H groups in total. The maximum absolute atomic E-state index is 12.1. The lowest BCUT2D eigenvalue weighted by Gasteiger charge is -2.20. The highest BCUT2D eigenvalue weighted by atomic mass is 16.1. The Balaban J connectivity index is 4.15. The lowest BCUT2D eigenvalue weighted by Crippen LogP contribution is -2.41. The highest BCUT2D eigenvalue weighted by Gasteiger charge is 2.16. The number of likely N-dealkylation sites (N-methyl/N-ethyl adjacent to an activating group) is 4. The predicted octanol–water partition coefficient (Wildman–Crippen LogP) is -0.931. The summed E-state index contributed by atoms with van der Waals surface area (Å²) in [6.45, 7) is 2.87. The van der Waals surface area contributed by atoms with Crippen LogP contribution in [0.1, 0.15) is 13.3 Å². The van der Waals surface area contributed by atoms with Crippen LogP contribution in [0.15, 0.2) is 0 Å². The number of nitrogens with zero attached hydrogens (tertiary/aromatic N) is 4. The van der Waals surface area contributed by atoms with Crippen LogP contribution in [-0.4, -0.2) is 117 Å². The highest BCUT2D eigenvalue weighted by molar-refractivity contribution is 5.87. The average Bonchev–Trinajstić information content (AvgIpc) is 2.44. The summed E-state index contributed by atoms with van der Waals surface area (Å²) in [7, 11) is 12.1. The van der Waals surface area contributed by atoms with E-state index in [0.717, 1.165) is 0 Å². The fourth-order valence-corrected chi connectivity index (χ4v) is 2.51. The number of Topliss-reactive ketones (excluding diaryl/α,β-unsaturated/α-hetero) is 4. The Bertz CT molecular complexity index is 494. The Morgan fingerprint density at radius 2 is 0.846 bits per heavy atom. The van der Waals surface area contributed by atoms with Crippen LogP contribution in [0.2, 0.25) is 0 Å². The van der Waals surface area contributed by atoms with Gasteiger partial charge in [0, 0.05) is 13.5 Å². The van der Waals surface area contributed by atoms with Crippen LogP contribution in [0.25, 0.3) is 0 Å². The lowest BCUT2D eigenvalue weighted by molar-refractivity contribution is -0.123. The molecule has 26 heavy (non-hydrogen) atoms. The van der Waals surface area contributed by atoms with Crippen molar-refractivity contribution in [1.82, 2.24) is 19.6 Å². The fraction of sp³-hybridized carbons (Fsp3) is 0.722. The molecule has 2 radical (unpaired) electrons. The molecule has 0 atom stereocenters. The molecule has 0 saturated heterocycles. The fourth-order valence-electron chi connectivity index (χ4n) is 2.51. The average molecular weight is 368 g/mol. The molecule has 0 unspecified atom stereocenters. The van der Waals surface area contributed by atoms with Gasteiger partial charge in [-0.1, -0.05) is 6.92 Å². The molecule has 0 spiro atoms. The number of rotatable bonds is 15. The normalized spacial score (nSPS) is 11.6. The molecule has 0 rings (SSSR count). The third-order valence-corrected chi connectivity index (χ3v) is 3.50. The smallest absolute Gasteiger partial charge is 0.160 e. The van der Waals surface area contributed by atoms with Crippen molar-refractivity contribution < 1.29 is 19.2 Å². The second kappa shape index (κ2) is 12.8. The summed E-state index contributed by atoms with van der Waals surface area (Å²) < 4.78 is 0. The first kappa shape index (κ1) is 24.5. The van der Waals surface area contributed by atoms with E-state index in [1.165, 1.54) is 4.90 Å². The zero-order valence-corrected chi connectivity index (χ0v) is 16.7.